The molecule has 3 aliphatic carbocycles. The lowest BCUT2D eigenvalue weighted by Gasteiger charge is -2.59. The van der Waals surface area contributed by atoms with Gasteiger partial charge < -0.3 is 9.88 Å². The Morgan fingerprint density at radius 3 is 2.45 bits per heavy atom. The van der Waals surface area contributed by atoms with E-state index in [2.05, 4.69) is 48.4 Å². The van der Waals surface area contributed by atoms with Crippen LogP contribution in [-0.4, -0.2) is 15.6 Å². The number of nitrogens with zero attached hydrogens (tertiary/aromatic N) is 2. The van der Waals surface area contributed by atoms with Crippen molar-refractivity contribution in [3.63, 3.8) is 0 Å². The van der Waals surface area contributed by atoms with E-state index < -0.39 is 0 Å². The molecule has 1 N–H and O–H groups in total. The summed E-state index contributed by atoms with van der Waals surface area (Å²) in [5.74, 6) is 1.87. The van der Waals surface area contributed by atoms with Crippen molar-refractivity contribution in [2.45, 2.75) is 45.7 Å². The van der Waals surface area contributed by atoms with Crippen LogP contribution < -0.4 is 5.32 Å². The van der Waals surface area contributed by atoms with Crippen LogP contribution in [-0.2, 0) is 6.54 Å². The first-order valence-corrected chi connectivity index (χ1v) is 8.43. The first-order valence-electron chi connectivity index (χ1n) is 8.43. The highest BCUT2D eigenvalue weighted by molar-refractivity contribution is 5.34. The third kappa shape index (κ3) is 2.38. The summed E-state index contributed by atoms with van der Waals surface area (Å²) in [7, 11) is 0. The van der Waals surface area contributed by atoms with Crippen molar-refractivity contribution in [3.8, 4) is 5.69 Å². The molecule has 1 aromatic carbocycles. The van der Waals surface area contributed by atoms with Crippen molar-refractivity contribution in [1.29, 1.82) is 0 Å². The molecule has 3 aliphatic rings. The fourth-order valence-electron chi connectivity index (χ4n) is 4.33. The third-order valence-electron chi connectivity index (χ3n) is 6.15. The van der Waals surface area contributed by atoms with Crippen molar-refractivity contribution >= 4 is 0 Å². The fraction of sp³-hybridized carbons (Fsp3) is 0.526. The molecule has 2 aromatic rings. The van der Waals surface area contributed by atoms with Crippen LogP contribution >= 0.6 is 0 Å². The van der Waals surface area contributed by atoms with E-state index in [-0.39, 0.29) is 0 Å². The van der Waals surface area contributed by atoms with Gasteiger partial charge in [0.15, 0.2) is 0 Å². The quantitative estimate of drug-likeness (QED) is 0.930. The maximum atomic E-state index is 4.09. The summed E-state index contributed by atoms with van der Waals surface area (Å²) in [4.78, 5) is 4.09. The van der Waals surface area contributed by atoms with Crippen LogP contribution in [0.1, 0.15) is 38.7 Å². The minimum absolute atomic E-state index is 0.602. The van der Waals surface area contributed by atoms with Crippen molar-refractivity contribution < 1.29 is 0 Å². The minimum atomic E-state index is 0.602. The van der Waals surface area contributed by atoms with E-state index in [1.54, 1.807) is 0 Å². The van der Waals surface area contributed by atoms with Crippen molar-refractivity contribution in [2.75, 3.05) is 0 Å². The molecule has 3 nitrogen and oxygen atoms in total. The Labute approximate surface area is 132 Å². The summed E-state index contributed by atoms with van der Waals surface area (Å²) in [6.07, 6.45) is 9.80. The van der Waals surface area contributed by atoms with E-state index in [1.807, 2.05) is 23.3 Å². The van der Waals surface area contributed by atoms with Gasteiger partial charge in [-0.05, 0) is 54.2 Å². The molecule has 2 atom stereocenters. The monoisotopic (exact) mass is 295 g/mol. The highest BCUT2D eigenvalue weighted by Gasteiger charge is 2.52. The molecule has 0 saturated heterocycles. The average Bonchev–Trinajstić information content (AvgIpc) is 3.08. The maximum absolute atomic E-state index is 4.09. The highest BCUT2D eigenvalue weighted by Crippen LogP contribution is 2.59. The van der Waals surface area contributed by atoms with Gasteiger partial charge in [-0.15, -0.1) is 0 Å². The minimum Gasteiger partial charge on any atom is -0.310 e. The molecule has 116 valence electrons. The van der Waals surface area contributed by atoms with Gasteiger partial charge >= 0.3 is 0 Å². The predicted molar refractivity (Wildman–Crippen MR) is 88.8 cm³/mol. The molecule has 22 heavy (non-hydrogen) atoms. The van der Waals surface area contributed by atoms with E-state index in [4.69, 9.17) is 0 Å². The Morgan fingerprint density at radius 2 is 1.86 bits per heavy atom. The molecule has 1 heterocycles. The predicted octanol–water partition coefficient (Wildman–Crippen LogP) is 3.79. The lowest BCUT2D eigenvalue weighted by Crippen LogP contribution is -2.55. The maximum Gasteiger partial charge on any atom is 0.0991 e. The molecule has 2 unspecified atom stereocenters. The van der Waals surface area contributed by atoms with Crippen LogP contribution in [0.15, 0.2) is 43.0 Å². The lowest BCUT2D eigenvalue weighted by atomic mass is 9.48. The van der Waals surface area contributed by atoms with Crippen LogP contribution in [0.3, 0.4) is 0 Å². The first kappa shape index (κ1) is 14.0. The molecule has 3 fully saturated rings. The van der Waals surface area contributed by atoms with Gasteiger partial charge in [-0.3, -0.25) is 0 Å². The third-order valence-corrected chi connectivity index (χ3v) is 6.15. The first-order chi connectivity index (χ1) is 10.6. The number of fused-ring (bicyclic) bond motifs is 2. The molecular weight excluding hydrogens is 270 g/mol. The summed E-state index contributed by atoms with van der Waals surface area (Å²) in [5.41, 5.74) is 3.13. The van der Waals surface area contributed by atoms with Gasteiger partial charge in [-0.25, -0.2) is 4.98 Å². The molecule has 2 bridgehead atoms. The molecule has 3 saturated carbocycles. The zero-order chi connectivity index (χ0) is 15.2. The molecule has 5 rings (SSSR count). The summed E-state index contributed by atoms with van der Waals surface area (Å²) in [6, 6.07) is 9.48. The van der Waals surface area contributed by atoms with Gasteiger partial charge in [0.1, 0.15) is 0 Å². The van der Waals surface area contributed by atoms with Crippen LogP contribution in [0.25, 0.3) is 5.69 Å². The van der Waals surface area contributed by atoms with E-state index in [0.29, 0.717) is 11.5 Å². The zero-order valence-corrected chi connectivity index (χ0v) is 13.5. The van der Waals surface area contributed by atoms with Crippen molar-refractivity contribution in [2.24, 2.45) is 17.3 Å². The van der Waals surface area contributed by atoms with Crippen molar-refractivity contribution in [3.05, 3.63) is 48.5 Å². The number of rotatable bonds is 4. The Kier molecular flexibility index (Phi) is 3.33. The summed E-state index contributed by atoms with van der Waals surface area (Å²) < 4.78 is 2.04. The average molecular weight is 295 g/mol. The van der Waals surface area contributed by atoms with Gasteiger partial charge in [0.2, 0.25) is 0 Å². The topological polar surface area (TPSA) is 29.9 Å². The number of hydrogen-bond acceptors (Lipinski definition) is 2. The summed E-state index contributed by atoms with van der Waals surface area (Å²) >= 11 is 0. The number of aromatic nitrogens is 2. The largest absolute Gasteiger partial charge is 0.310 e. The Balaban J connectivity index is 1.33. The molecular formula is C19H25N3. The molecule has 1 aromatic heterocycles. The number of benzene rings is 1. The molecule has 0 amide bonds. The number of imidazole rings is 1. The summed E-state index contributed by atoms with van der Waals surface area (Å²) in [5, 5.41) is 3.77. The van der Waals surface area contributed by atoms with Gasteiger partial charge in [-0.2, -0.15) is 0 Å². The summed E-state index contributed by atoms with van der Waals surface area (Å²) in [6.45, 7) is 5.89. The Morgan fingerprint density at radius 1 is 1.14 bits per heavy atom. The smallest absolute Gasteiger partial charge is 0.0991 e. The lowest BCUT2D eigenvalue weighted by molar-refractivity contribution is -0.0787. The van der Waals surface area contributed by atoms with E-state index >= 15 is 0 Å². The Bertz CT molecular complexity index is 613. The Hall–Kier alpha value is -1.61. The van der Waals surface area contributed by atoms with Gasteiger partial charge in [-0.1, -0.05) is 26.0 Å². The molecule has 0 aliphatic heterocycles. The molecule has 0 radical (unpaired) electrons. The number of nitrogens with one attached hydrogen (secondary N) is 1. The standard InChI is InChI=1S/C19H25N3/c1-19(2)15-9-16(19)11-17(10-15)21-12-14-3-5-18(6-4-14)22-8-7-20-13-22/h3-8,13,15-17,21H,9-12H2,1-2H3. The fourth-order valence-corrected chi connectivity index (χ4v) is 4.33. The molecule has 0 spiro atoms. The van der Waals surface area contributed by atoms with E-state index in [0.717, 1.165) is 18.4 Å². The van der Waals surface area contributed by atoms with Crippen molar-refractivity contribution in [1.82, 2.24) is 14.9 Å². The van der Waals surface area contributed by atoms with Gasteiger partial charge in [0.05, 0.1) is 6.33 Å². The van der Waals surface area contributed by atoms with E-state index in [9.17, 15) is 0 Å². The SMILES string of the molecule is CC1(C)C2CC(NCc3ccc(-n4ccnc4)cc3)CC1C2. The van der Waals surface area contributed by atoms with Gasteiger partial charge in [0, 0.05) is 30.7 Å². The second-order valence-corrected chi connectivity index (χ2v) is 7.64. The second-order valence-electron chi connectivity index (χ2n) is 7.64. The van der Waals surface area contributed by atoms with Gasteiger partial charge in [0.25, 0.3) is 0 Å². The number of hydrogen-bond donors (Lipinski definition) is 1. The second kappa shape index (κ2) is 5.24. The van der Waals surface area contributed by atoms with E-state index in [1.165, 1.54) is 30.5 Å². The van der Waals surface area contributed by atoms with Crippen LogP contribution in [0.4, 0.5) is 0 Å². The highest BCUT2D eigenvalue weighted by atomic mass is 15.0. The van der Waals surface area contributed by atoms with Crippen LogP contribution in [0.5, 0.6) is 0 Å². The molecule has 3 heteroatoms. The van der Waals surface area contributed by atoms with Crippen LogP contribution in [0, 0.1) is 17.3 Å². The zero-order valence-electron chi connectivity index (χ0n) is 13.5. The van der Waals surface area contributed by atoms with Crippen LogP contribution in [0.2, 0.25) is 0 Å². The normalized spacial score (nSPS) is 29.1.